The maximum Gasteiger partial charge on any atom is 0.259 e. The molecule has 0 N–H and O–H groups in total. The molecule has 2 atom stereocenters. The smallest absolute Gasteiger partial charge is 0.259 e. The van der Waals surface area contributed by atoms with Gasteiger partial charge in [0.05, 0.1) is 6.07 Å². The van der Waals surface area contributed by atoms with Crippen molar-refractivity contribution in [3.63, 3.8) is 0 Å². The lowest BCUT2D eigenvalue weighted by Crippen LogP contribution is -2.50. The van der Waals surface area contributed by atoms with E-state index >= 15 is 0 Å². The Morgan fingerprint density at radius 1 is 0.966 bits per heavy atom. The molecular formula is C26H22N2O. The first-order valence-corrected chi connectivity index (χ1v) is 9.73. The number of hydrogen-bond acceptors (Lipinski definition) is 2. The van der Waals surface area contributed by atoms with Crippen molar-refractivity contribution >= 4 is 12.0 Å². The van der Waals surface area contributed by atoms with E-state index in [4.69, 9.17) is 0 Å². The SMILES string of the molecule is Cc1ccccc1C(=O)N1C=Cc2ccccc2C1(C#N)C(C)c1ccccc1. The lowest BCUT2D eigenvalue weighted by Gasteiger charge is -2.44. The van der Waals surface area contributed by atoms with Gasteiger partial charge >= 0.3 is 0 Å². The third-order valence-corrected chi connectivity index (χ3v) is 5.85. The Labute approximate surface area is 171 Å². The second-order valence-corrected chi connectivity index (χ2v) is 7.40. The Bertz CT molecular complexity index is 1130. The molecule has 0 aliphatic carbocycles. The Morgan fingerprint density at radius 2 is 1.62 bits per heavy atom. The molecule has 0 bridgehead atoms. The number of nitriles is 1. The summed E-state index contributed by atoms with van der Waals surface area (Å²) >= 11 is 0. The van der Waals surface area contributed by atoms with Crippen molar-refractivity contribution < 1.29 is 4.79 Å². The molecule has 1 aliphatic heterocycles. The maximum absolute atomic E-state index is 13.7. The molecule has 3 nitrogen and oxygen atoms in total. The zero-order valence-electron chi connectivity index (χ0n) is 16.5. The molecule has 29 heavy (non-hydrogen) atoms. The Kier molecular flexibility index (Phi) is 4.78. The molecule has 0 saturated carbocycles. The fourth-order valence-electron chi connectivity index (χ4n) is 4.20. The van der Waals surface area contributed by atoms with Crippen LogP contribution < -0.4 is 0 Å². The van der Waals surface area contributed by atoms with E-state index in [0.717, 1.165) is 22.3 Å². The average molecular weight is 378 g/mol. The van der Waals surface area contributed by atoms with Crippen LogP contribution >= 0.6 is 0 Å². The molecule has 2 unspecified atom stereocenters. The summed E-state index contributed by atoms with van der Waals surface area (Å²) in [6.45, 7) is 3.94. The first-order valence-electron chi connectivity index (χ1n) is 9.73. The lowest BCUT2D eigenvalue weighted by molar-refractivity contribution is 0.0663. The minimum Gasteiger partial charge on any atom is -0.291 e. The number of rotatable bonds is 3. The Morgan fingerprint density at radius 3 is 2.34 bits per heavy atom. The minimum atomic E-state index is -1.15. The van der Waals surface area contributed by atoms with Gasteiger partial charge in [0.15, 0.2) is 5.54 Å². The topological polar surface area (TPSA) is 44.1 Å². The average Bonchev–Trinajstić information content (AvgIpc) is 2.78. The molecule has 3 heteroatoms. The Balaban J connectivity index is 1.94. The van der Waals surface area contributed by atoms with Crippen LogP contribution in [0.3, 0.4) is 0 Å². The van der Waals surface area contributed by atoms with E-state index < -0.39 is 5.54 Å². The van der Waals surface area contributed by atoms with Crippen LogP contribution in [0.1, 0.15) is 45.5 Å². The number of nitrogens with zero attached hydrogens (tertiary/aromatic N) is 2. The fourth-order valence-corrected chi connectivity index (χ4v) is 4.20. The van der Waals surface area contributed by atoms with Crippen LogP contribution in [0.4, 0.5) is 0 Å². The summed E-state index contributed by atoms with van der Waals surface area (Å²) in [5.74, 6) is -0.397. The molecule has 4 rings (SSSR count). The number of carbonyl (C=O) groups is 1. The molecule has 142 valence electrons. The van der Waals surface area contributed by atoms with E-state index in [1.807, 2.05) is 98.8 Å². The summed E-state index contributed by atoms with van der Waals surface area (Å²) in [7, 11) is 0. The van der Waals surface area contributed by atoms with Crippen molar-refractivity contribution in [1.29, 1.82) is 5.26 Å². The zero-order chi connectivity index (χ0) is 20.4. The van der Waals surface area contributed by atoms with E-state index in [1.54, 1.807) is 11.1 Å². The van der Waals surface area contributed by atoms with Gasteiger partial charge in [0.1, 0.15) is 0 Å². The summed E-state index contributed by atoms with van der Waals surface area (Å²) < 4.78 is 0. The van der Waals surface area contributed by atoms with E-state index in [1.165, 1.54) is 0 Å². The van der Waals surface area contributed by atoms with Gasteiger partial charge in [0.25, 0.3) is 5.91 Å². The van der Waals surface area contributed by atoms with Gasteiger partial charge < -0.3 is 0 Å². The molecule has 1 aliphatic rings. The maximum atomic E-state index is 13.7. The molecule has 0 radical (unpaired) electrons. The monoisotopic (exact) mass is 378 g/mol. The highest BCUT2D eigenvalue weighted by Gasteiger charge is 2.49. The Hall–Kier alpha value is -3.64. The van der Waals surface area contributed by atoms with Crippen LogP contribution in [-0.2, 0) is 5.54 Å². The highest BCUT2D eigenvalue weighted by molar-refractivity contribution is 5.98. The van der Waals surface area contributed by atoms with Crippen LogP contribution in [-0.4, -0.2) is 10.8 Å². The van der Waals surface area contributed by atoms with Crippen LogP contribution in [0.5, 0.6) is 0 Å². The lowest BCUT2D eigenvalue weighted by atomic mass is 9.72. The van der Waals surface area contributed by atoms with Crippen molar-refractivity contribution in [3.05, 3.63) is 113 Å². The zero-order valence-corrected chi connectivity index (χ0v) is 16.5. The van der Waals surface area contributed by atoms with Gasteiger partial charge in [-0.15, -0.1) is 0 Å². The molecule has 0 spiro atoms. The van der Waals surface area contributed by atoms with Crippen molar-refractivity contribution in [2.75, 3.05) is 0 Å². The molecule has 3 aromatic rings. The number of carbonyl (C=O) groups excluding carboxylic acids is 1. The van der Waals surface area contributed by atoms with Gasteiger partial charge in [0.2, 0.25) is 0 Å². The van der Waals surface area contributed by atoms with E-state index in [9.17, 15) is 10.1 Å². The molecule has 1 heterocycles. The first-order chi connectivity index (χ1) is 14.1. The van der Waals surface area contributed by atoms with Crippen LogP contribution in [0, 0.1) is 18.3 Å². The first kappa shape index (κ1) is 18.7. The predicted molar refractivity (Wildman–Crippen MR) is 115 cm³/mol. The summed E-state index contributed by atoms with van der Waals surface area (Å²) in [5, 5.41) is 10.6. The highest BCUT2D eigenvalue weighted by Crippen LogP contribution is 2.46. The van der Waals surface area contributed by atoms with Gasteiger partial charge in [-0.3, -0.25) is 9.69 Å². The largest absolute Gasteiger partial charge is 0.291 e. The third kappa shape index (κ3) is 2.94. The van der Waals surface area contributed by atoms with Gasteiger partial charge in [0, 0.05) is 23.2 Å². The van der Waals surface area contributed by atoms with Crippen molar-refractivity contribution in [1.82, 2.24) is 4.90 Å². The molecule has 0 fully saturated rings. The van der Waals surface area contributed by atoms with Gasteiger partial charge in [-0.05, 0) is 35.8 Å². The van der Waals surface area contributed by atoms with E-state index in [2.05, 4.69) is 6.07 Å². The van der Waals surface area contributed by atoms with Gasteiger partial charge in [-0.25, -0.2) is 0 Å². The quantitative estimate of drug-likeness (QED) is 0.591. The van der Waals surface area contributed by atoms with Crippen LogP contribution in [0.2, 0.25) is 0 Å². The number of benzene rings is 3. The van der Waals surface area contributed by atoms with Gasteiger partial charge in [-0.2, -0.15) is 5.26 Å². The number of hydrogen-bond donors (Lipinski definition) is 0. The molecule has 1 amide bonds. The van der Waals surface area contributed by atoms with E-state index in [0.29, 0.717) is 5.56 Å². The normalized spacial score (nSPS) is 18.6. The molecule has 0 saturated heterocycles. The van der Waals surface area contributed by atoms with Crippen LogP contribution in [0.25, 0.3) is 6.08 Å². The summed E-state index contributed by atoms with van der Waals surface area (Å²) in [6.07, 6.45) is 3.68. The molecule has 0 aromatic heterocycles. The summed E-state index contributed by atoms with van der Waals surface area (Å²) in [4.78, 5) is 15.3. The summed E-state index contributed by atoms with van der Waals surface area (Å²) in [5.41, 5.74) is 3.18. The minimum absolute atomic E-state index is 0.168. The highest BCUT2D eigenvalue weighted by atomic mass is 16.2. The predicted octanol–water partition coefficient (Wildman–Crippen LogP) is 5.64. The molecule has 3 aromatic carbocycles. The van der Waals surface area contributed by atoms with Crippen molar-refractivity contribution in [2.45, 2.75) is 25.3 Å². The van der Waals surface area contributed by atoms with Crippen LogP contribution in [0.15, 0.2) is 85.1 Å². The van der Waals surface area contributed by atoms with E-state index in [-0.39, 0.29) is 11.8 Å². The molecular weight excluding hydrogens is 356 g/mol. The number of amides is 1. The second kappa shape index (κ2) is 7.41. The standard InChI is InChI=1S/C26H22N2O/c1-19-10-6-8-14-23(19)25(29)28-17-16-22-13-7-9-15-24(22)26(28,18-27)20(2)21-11-4-3-5-12-21/h3-17,20H,1-2H3. The van der Waals surface area contributed by atoms with Gasteiger partial charge in [-0.1, -0.05) is 79.7 Å². The van der Waals surface area contributed by atoms with Crippen molar-refractivity contribution in [3.8, 4) is 6.07 Å². The number of fused-ring (bicyclic) bond motifs is 1. The third-order valence-electron chi connectivity index (χ3n) is 5.85. The van der Waals surface area contributed by atoms with Crippen molar-refractivity contribution in [2.24, 2.45) is 0 Å². The second-order valence-electron chi connectivity index (χ2n) is 7.40. The fraction of sp³-hybridized carbons (Fsp3) is 0.154. The number of aryl methyl sites for hydroxylation is 1. The summed E-state index contributed by atoms with van der Waals surface area (Å²) in [6, 6.07) is 27.8.